The number of fused-ring (bicyclic) bond motifs is 1. The number of halogens is 3. The van der Waals surface area contributed by atoms with E-state index in [1.165, 1.54) is 6.07 Å². The van der Waals surface area contributed by atoms with E-state index in [9.17, 15) is 4.39 Å². The van der Waals surface area contributed by atoms with Crippen LogP contribution in [0, 0.1) is 17.5 Å². The molecule has 0 radical (unpaired) electrons. The molecule has 0 aliphatic carbocycles. The van der Waals surface area contributed by atoms with E-state index in [4.69, 9.17) is 23.8 Å². The predicted octanol–water partition coefficient (Wildman–Crippen LogP) is 5.55. The predicted molar refractivity (Wildman–Crippen MR) is 85.9 cm³/mol. The molecule has 2 aromatic carbocycles. The third kappa shape index (κ3) is 2.10. The normalized spacial score (nSPS) is 11.2. The van der Waals surface area contributed by atoms with Gasteiger partial charge in [-0.05, 0) is 52.8 Å². The molecule has 0 amide bonds. The van der Waals surface area contributed by atoms with Gasteiger partial charge in [0.05, 0.1) is 21.7 Å². The van der Waals surface area contributed by atoms with Crippen LogP contribution in [0.5, 0.6) is 0 Å². The van der Waals surface area contributed by atoms with Gasteiger partial charge in [-0.3, -0.25) is 4.57 Å². The van der Waals surface area contributed by atoms with E-state index in [1.54, 1.807) is 10.6 Å². The highest BCUT2D eigenvalue weighted by molar-refractivity contribution is 9.10. The van der Waals surface area contributed by atoms with Crippen LogP contribution in [-0.2, 0) is 0 Å². The lowest BCUT2D eigenvalue weighted by Gasteiger charge is -2.09. The van der Waals surface area contributed by atoms with Gasteiger partial charge in [0.25, 0.3) is 0 Å². The maximum Gasteiger partial charge on any atom is 0.182 e. The van der Waals surface area contributed by atoms with Gasteiger partial charge in [-0.2, -0.15) is 0 Å². The zero-order valence-electron chi connectivity index (χ0n) is 10.4. The Morgan fingerprint density at radius 3 is 2.85 bits per heavy atom. The number of imidazole rings is 1. The summed E-state index contributed by atoms with van der Waals surface area (Å²) in [7, 11) is 0. The summed E-state index contributed by atoms with van der Waals surface area (Å²) in [4.78, 5) is 3.05. The Bertz CT molecular complexity index is 885. The minimum Gasteiger partial charge on any atom is -0.330 e. The van der Waals surface area contributed by atoms with Crippen LogP contribution < -0.4 is 0 Å². The molecule has 20 heavy (non-hydrogen) atoms. The van der Waals surface area contributed by atoms with E-state index in [1.807, 2.05) is 25.1 Å². The average molecular weight is 372 g/mol. The van der Waals surface area contributed by atoms with Crippen LogP contribution in [0.4, 0.5) is 4.39 Å². The molecule has 0 aliphatic heterocycles. The summed E-state index contributed by atoms with van der Waals surface area (Å²) in [5.41, 5.74) is 3.30. The molecular formula is C14H9BrClFN2S. The molecule has 3 rings (SSSR count). The van der Waals surface area contributed by atoms with E-state index >= 15 is 0 Å². The molecule has 0 saturated carbocycles. The minimum absolute atomic E-state index is 0.0733. The van der Waals surface area contributed by atoms with E-state index in [0.717, 1.165) is 15.7 Å². The van der Waals surface area contributed by atoms with Gasteiger partial charge < -0.3 is 4.98 Å². The largest absolute Gasteiger partial charge is 0.330 e. The topological polar surface area (TPSA) is 20.7 Å². The second-order valence-corrected chi connectivity index (χ2v) is 6.04. The fourth-order valence-electron chi connectivity index (χ4n) is 2.15. The van der Waals surface area contributed by atoms with E-state index < -0.39 is 5.82 Å². The van der Waals surface area contributed by atoms with Crippen LogP contribution in [0.25, 0.3) is 16.7 Å². The Morgan fingerprint density at radius 1 is 1.35 bits per heavy atom. The van der Waals surface area contributed by atoms with Gasteiger partial charge in [0, 0.05) is 10.5 Å². The van der Waals surface area contributed by atoms with Crippen molar-refractivity contribution in [3.05, 3.63) is 56.0 Å². The van der Waals surface area contributed by atoms with Crippen LogP contribution in [0.15, 0.2) is 34.8 Å². The Labute approximate surface area is 133 Å². The number of nitrogens with one attached hydrogen (secondary N) is 1. The Balaban J connectivity index is 2.42. The molecule has 1 heterocycles. The number of benzene rings is 2. The van der Waals surface area contributed by atoms with Crippen molar-refractivity contribution in [1.82, 2.24) is 9.55 Å². The van der Waals surface area contributed by atoms with Crippen molar-refractivity contribution in [3.8, 4) is 5.69 Å². The van der Waals surface area contributed by atoms with Crippen molar-refractivity contribution in [2.75, 3.05) is 0 Å². The fourth-order valence-corrected chi connectivity index (χ4v) is 3.06. The second-order valence-electron chi connectivity index (χ2n) is 4.46. The number of aromatic amines is 1. The molecule has 0 saturated heterocycles. The first-order valence-corrected chi connectivity index (χ1v) is 7.42. The quantitative estimate of drug-likeness (QED) is 0.556. The van der Waals surface area contributed by atoms with E-state index in [2.05, 4.69) is 20.9 Å². The maximum absolute atomic E-state index is 13.7. The number of aromatic nitrogens is 2. The fraction of sp³-hybridized carbons (Fsp3) is 0.0714. The Morgan fingerprint density at radius 2 is 2.10 bits per heavy atom. The highest BCUT2D eigenvalue weighted by Gasteiger charge is 2.13. The zero-order valence-corrected chi connectivity index (χ0v) is 13.5. The molecule has 2 nitrogen and oxygen atoms in total. The van der Waals surface area contributed by atoms with Gasteiger partial charge in [-0.15, -0.1) is 0 Å². The second kappa shape index (κ2) is 4.98. The molecule has 0 unspecified atom stereocenters. The number of rotatable bonds is 1. The molecule has 6 heteroatoms. The lowest BCUT2D eigenvalue weighted by molar-refractivity contribution is 0.629. The summed E-state index contributed by atoms with van der Waals surface area (Å²) >= 11 is 14.7. The number of hydrogen-bond donors (Lipinski definition) is 1. The molecule has 0 spiro atoms. The monoisotopic (exact) mass is 370 g/mol. The zero-order chi connectivity index (χ0) is 14.4. The highest BCUT2D eigenvalue weighted by atomic mass is 79.9. The van der Waals surface area contributed by atoms with Crippen molar-refractivity contribution in [3.63, 3.8) is 0 Å². The molecule has 3 aromatic rings. The molecule has 0 fully saturated rings. The van der Waals surface area contributed by atoms with Gasteiger partial charge in [0.1, 0.15) is 5.82 Å². The molecular weight excluding hydrogens is 363 g/mol. The van der Waals surface area contributed by atoms with Crippen LogP contribution in [0.3, 0.4) is 0 Å². The smallest absolute Gasteiger partial charge is 0.182 e. The van der Waals surface area contributed by atoms with Gasteiger partial charge in [-0.25, -0.2) is 4.39 Å². The maximum atomic E-state index is 13.7. The summed E-state index contributed by atoms with van der Waals surface area (Å²) in [5.74, 6) is -0.467. The van der Waals surface area contributed by atoms with Gasteiger partial charge in [0.15, 0.2) is 4.77 Å². The molecule has 102 valence electrons. The van der Waals surface area contributed by atoms with Gasteiger partial charge in [0.2, 0.25) is 0 Å². The van der Waals surface area contributed by atoms with Crippen molar-refractivity contribution in [1.29, 1.82) is 0 Å². The van der Waals surface area contributed by atoms with E-state index in [-0.39, 0.29) is 5.02 Å². The third-order valence-electron chi connectivity index (χ3n) is 3.14. The van der Waals surface area contributed by atoms with Crippen LogP contribution in [0.2, 0.25) is 5.02 Å². The molecule has 1 N–H and O–H groups in total. The summed E-state index contributed by atoms with van der Waals surface area (Å²) < 4.78 is 16.9. The SMILES string of the molecule is Cc1cccc(-n2c(=S)[nH]c3cc(Cl)c(F)cc32)c1Br. The molecule has 0 atom stereocenters. The summed E-state index contributed by atoms with van der Waals surface area (Å²) in [6.07, 6.45) is 0. The first kappa shape index (κ1) is 13.8. The van der Waals surface area contributed by atoms with Crippen molar-refractivity contribution >= 4 is 50.8 Å². The van der Waals surface area contributed by atoms with Crippen molar-refractivity contribution in [2.24, 2.45) is 0 Å². The lowest BCUT2D eigenvalue weighted by Crippen LogP contribution is -1.96. The molecule has 0 bridgehead atoms. The summed E-state index contributed by atoms with van der Waals surface area (Å²) in [5, 5.41) is 0.0733. The number of H-pyrrole nitrogens is 1. The van der Waals surface area contributed by atoms with Crippen LogP contribution in [-0.4, -0.2) is 9.55 Å². The average Bonchev–Trinajstić information content (AvgIpc) is 2.69. The third-order valence-corrected chi connectivity index (χ3v) is 4.74. The molecule has 0 aliphatic rings. The summed E-state index contributed by atoms with van der Waals surface area (Å²) in [6.45, 7) is 1.99. The number of hydrogen-bond acceptors (Lipinski definition) is 1. The Kier molecular flexibility index (Phi) is 3.44. The first-order valence-electron chi connectivity index (χ1n) is 5.84. The van der Waals surface area contributed by atoms with Gasteiger partial charge in [-0.1, -0.05) is 23.7 Å². The van der Waals surface area contributed by atoms with Crippen LogP contribution >= 0.6 is 39.7 Å². The van der Waals surface area contributed by atoms with Gasteiger partial charge >= 0.3 is 0 Å². The van der Waals surface area contributed by atoms with Crippen LogP contribution in [0.1, 0.15) is 5.56 Å². The minimum atomic E-state index is -0.467. The molecule has 1 aromatic heterocycles. The summed E-state index contributed by atoms with van der Waals surface area (Å²) in [6, 6.07) is 8.78. The highest BCUT2D eigenvalue weighted by Crippen LogP contribution is 2.30. The van der Waals surface area contributed by atoms with E-state index in [0.29, 0.717) is 15.8 Å². The standard InChI is InChI=1S/C14H9BrClFN2S/c1-7-3-2-4-11(13(7)15)19-12-6-9(17)8(16)5-10(12)18-14(19)20/h2-6H,1H3,(H,18,20). The van der Waals surface area contributed by atoms with Crippen molar-refractivity contribution in [2.45, 2.75) is 6.92 Å². The number of aryl methyl sites for hydroxylation is 1. The first-order chi connectivity index (χ1) is 9.49. The Hall–Kier alpha value is -1.17. The van der Waals surface area contributed by atoms with Crippen molar-refractivity contribution < 1.29 is 4.39 Å². The lowest BCUT2D eigenvalue weighted by atomic mass is 10.2. The number of nitrogens with zero attached hydrogens (tertiary/aromatic N) is 1.